The van der Waals surface area contributed by atoms with Crippen LogP contribution in [-0.2, 0) is 5.41 Å². The molecule has 1 atom stereocenters. The zero-order valence-electron chi connectivity index (χ0n) is 23.0. The molecule has 5 aromatic carbocycles. The van der Waals surface area contributed by atoms with Gasteiger partial charge in [-0.1, -0.05) is 133 Å². The van der Waals surface area contributed by atoms with Gasteiger partial charge in [-0.25, -0.2) is 0 Å². The monoisotopic (exact) mass is 519 g/mol. The summed E-state index contributed by atoms with van der Waals surface area (Å²) in [5.74, 6) is 0.127. The fraction of sp³-hybridized carbons (Fsp3) is 0.132. The molecule has 2 nitrogen and oxygen atoms in total. The smallest absolute Gasteiger partial charge is 0.182 e. The van der Waals surface area contributed by atoms with E-state index < -0.39 is 5.41 Å². The van der Waals surface area contributed by atoms with E-state index in [1.54, 1.807) is 0 Å². The molecule has 0 radical (unpaired) electrons. The first-order valence-electron chi connectivity index (χ1n) is 13.9. The van der Waals surface area contributed by atoms with Gasteiger partial charge in [0.2, 0.25) is 0 Å². The van der Waals surface area contributed by atoms with Crippen LogP contribution in [0.1, 0.15) is 52.0 Å². The lowest BCUT2D eigenvalue weighted by molar-refractivity contribution is 0.0998. The van der Waals surface area contributed by atoms with Crippen molar-refractivity contribution in [2.75, 3.05) is 11.4 Å². The second kappa shape index (κ2) is 10.8. The number of rotatable bonds is 7. The lowest BCUT2D eigenvalue weighted by atomic mass is 9.64. The fourth-order valence-electron chi connectivity index (χ4n) is 6.26. The number of carbonyl (C=O) groups is 1. The quantitative estimate of drug-likeness (QED) is 0.159. The molecular weight excluding hydrogens is 486 g/mol. The highest BCUT2D eigenvalue weighted by Crippen LogP contribution is 2.47. The topological polar surface area (TPSA) is 20.3 Å². The number of carbonyl (C=O) groups excluding carboxylic acids is 1. The Labute approximate surface area is 237 Å². The van der Waals surface area contributed by atoms with Gasteiger partial charge in [0.05, 0.1) is 12.0 Å². The van der Waals surface area contributed by atoms with Gasteiger partial charge in [0.1, 0.15) is 0 Å². The van der Waals surface area contributed by atoms with Crippen LogP contribution in [0.2, 0.25) is 0 Å². The van der Waals surface area contributed by atoms with Crippen molar-refractivity contribution in [3.8, 4) is 0 Å². The van der Waals surface area contributed by atoms with Crippen LogP contribution >= 0.6 is 0 Å². The molecule has 0 bridgehead atoms. The molecule has 40 heavy (non-hydrogen) atoms. The summed E-state index contributed by atoms with van der Waals surface area (Å²) in [5.41, 5.74) is 8.59. The number of hydrogen-bond donors (Lipinski definition) is 0. The molecular formula is C38H33NO. The van der Waals surface area contributed by atoms with Crippen LogP contribution in [0, 0.1) is 0 Å². The average Bonchev–Trinajstić information content (AvgIpc) is 3.02. The van der Waals surface area contributed by atoms with Gasteiger partial charge in [-0.05, 0) is 53.8 Å². The van der Waals surface area contributed by atoms with Crippen LogP contribution in [0.15, 0.2) is 146 Å². The molecule has 0 aliphatic carbocycles. The number of fused-ring (bicyclic) bond motifs is 1. The van der Waals surface area contributed by atoms with Gasteiger partial charge < -0.3 is 4.90 Å². The minimum atomic E-state index is -0.507. The summed E-state index contributed by atoms with van der Waals surface area (Å²) in [6, 6.07) is 48.9. The van der Waals surface area contributed by atoms with Gasteiger partial charge in [-0.3, -0.25) is 4.79 Å². The lowest BCUT2D eigenvalue weighted by Gasteiger charge is -2.39. The van der Waals surface area contributed by atoms with E-state index in [0.717, 1.165) is 11.3 Å². The van der Waals surface area contributed by atoms with Crippen LogP contribution in [0.4, 0.5) is 5.69 Å². The maximum absolute atomic E-state index is 13.3. The van der Waals surface area contributed by atoms with Gasteiger partial charge >= 0.3 is 0 Å². The van der Waals surface area contributed by atoms with Crippen LogP contribution in [0.25, 0.3) is 5.57 Å². The second-order valence-corrected chi connectivity index (χ2v) is 10.6. The third-order valence-corrected chi connectivity index (χ3v) is 8.18. The zero-order valence-corrected chi connectivity index (χ0v) is 23.0. The standard InChI is InChI=1S/C38H33NO/c1-28-25-29(2)39(27-37(40)30-15-7-3-8-16-30)36-24-23-34(26-35(28)36)38(31-17-9-4-10-18-31,32-19-11-5-12-20-32)33-21-13-6-14-22-33/h3-26,29H,27H2,1-2H3/t29-/m1/s1. The summed E-state index contributed by atoms with van der Waals surface area (Å²) in [6.45, 7) is 4.69. The maximum atomic E-state index is 13.3. The van der Waals surface area contributed by atoms with Crippen molar-refractivity contribution < 1.29 is 4.79 Å². The van der Waals surface area contributed by atoms with Crippen LogP contribution < -0.4 is 4.90 Å². The molecule has 1 aliphatic heterocycles. The molecule has 0 saturated carbocycles. The van der Waals surface area contributed by atoms with Crippen LogP contribution in [0.5, 0.6) is 0 Å². The van der Waals surface area contributed by atoms with E-state index in [1.165, 1.54) is 33.4 Å². The van der Waals surface area contributed by atoms with Crippen molar-refractivity contribution in [3.05, 3.63) is 179 Å². The SMILES string of the molecule is CC1=C[C@@H](C)N(CC(=O)c2ccccc2)c2ccc(C(c3ccccc3)(c3ccccc3)c3ccccc3)cc21. The molecule has 196 valence electrons. The first kappa shape index (κ1) is 25.6. The van der Waals surface area contributed by atoms with Gasteiger partial charge in [0.15, 0.2) is 5.78 Å². The minimum absolute atomic E-state index is 0.119. The highest BCUT2D eigenvalue weighted by molar-refractivity contribution is 6.00. The lowest BCUT2D eigenvalue weighted by Crippen LogP contribution is -2.39. The Morgan fingerprint density at radius 3 is 1.62 bits per heavy atom. The minimum Gasteiger partial charge on any atom is -0.357 e. The highest BCUT2D eigenvalue weighted by Gasteiger charge is 2.39. The normalized spacial score (nSPS) is 14.8. The van der Waals surface area contributed by atoms with Gasteiger partial charge in [-0.15, -0.1) is 0 Å². The Kier molecular flexibility index (Phi) is 6.92. The molecule has 5 aromatic rings. The highest BCUT2D eigenvalue weighted by atomic mass is 16.1. The predicted octanol–water partition coefficient (Wildman–Crippen LogP) is 8.56. The third kappa shape index (κ3) is 4.46. The summed E-state index contributed by atoms with van der Waals surface area (Å²) in [4.78, 5) is 15.5. The molecule has 0 amide bonds. The van der Waals surface area contributed by atoms with Crippen molar-refractivity contribution in [2.45, 2.75) is 25.3 Å². The predicted molar refractivity (Wildman–Crippen MR) is 166 cm³/mol. The number of nitrogens with zero attached hydrogens (tertiary/aromatic N) is 1. The van der Waals surface area contributed by atoms with Crippen molar-refractivity contribution >= 4 is 17.0 Å². The van der Waals surface area contributed by atoms with Gasteiger partial charge in [0.25, 0.3) is 0 Å². The first-order valence-corrected chi connectivity index (χ1v) is 13.9. The van der Waals surface area contributed by atoms with E-state index in [0.29, 0.717) is 6.54 Å². The molecule has 0 spiro atoms. The second-order valence-electron chi connectivity index (χ2n) is 10.6. The molecule has 0 unspecified atom stereocenters. The molecule has 2 heteroatoms. The molecule has 1 aliphatic rings. The van der Waals surface area contributed by atoms with E-state index >= 15 is 0 Å². The number of Topliss-reactive ketones (excluding diaryl/α,β-unsaturated/α-hetero) is 1. The van der Waals surface area contributed by atoms with Crippen LogP contribution in [-0.4, -0.2) is 18.4 Å². The fourth-order valence-corrected chi connectivity index (χ4v) is 6.26. The molecule has 6 rings (SSSR count). The summed E-state index contributed by atoms with van der Waals surface area (Å²) < 4.78 is 0. The number of benzene rings is 5. The Balaban J connectivity index is 1.54. The molecule has 1 heterocycles. The Hall–Kier alpha value is -4.69. The Bertz CT molecular complexity index is 1540. The van der Waals surface area contributed by atoms with Gasteiger partial charge in [-0.2, -0.15) is 0 Å². The molecule has 0 fully saturated rings. The zero-order chi connectivity index (χ0) is 27.5. The Morgan fingerprint density at radius 1 is 0.650 bits per heavy atom. The van der Waals surface area contributed by atoms with Crippen molar-refractivity contribution in [3.63, 3.8) is 0 Å². The summed E-state index contributed by atoms with van der Waals surface area (Å²) in [5, 5.41) is 0. The number of allylic oxidation sites excluding steroid dienone is 1. The number of anilines is 1. The number of ketones is 1. The Morgan fingerprint density at radius 2 is 1.12 bits per heavy atom. The molecule has 0 N–H and O–H groups in total. The average molecular weight is 520 g/mol. The van der Waals surface area contributed by atoms with E-state index in [9.17, 15) is 4.79 Å². The first-order chi connectivity index (χ1) is 19.6. The largest absolute Gasteiger partial charge is 0.357 e. The van der Waals surface area contributed by atoms with Crippen molar-refractivity contribution in [2.24, 2.45) is 0 Å². The summed E-state index contributed by atoms with van der Waals surface area (Å²) in [6.07, 6.45) is 2.28. The van der Waals surface area contributed by atoms with Crippen LogP contribution in [0.3, 0.4) is 0 Å². The van der Waals surface area contributed by atoms with Crippen molar-refractivity contribution in [1.29, 1.82) is 0 Å². The summed E-state index contributed by atoms with van der Waals surface area (Å²) >= 11 is 0. The summed E-state index contributed by atoms with van der Waals surface area (Å²) in [7, 11) is 0. The van der Waals surface area contributed by atoms with E-state index in [2.05, 4.69) is 134 Å². The molecule has 0 saturated heterocycles. The molecule has 0 aromatic heterocycles. The van der Waals surface area contributed by atoms with E-state index in [-0.39, 0.29) is 11.8 Å². The maximum Gasteiger partial charge on any atom is 0.182 e. The van der Waals surface area contributed by atoms with Crippen molar-refractivity contribution in [1.82, 2.24) is 0 Å². The van der Waals surface area contributed by atoms with E-state index in [1.807, 2.05) is 30.3 Å². The van der Waals surface area contributed by atoms with Gasteiger partial charge in [0, 0.05) is 22.9 Å². The number of hydrogen-bond acceptors (Lipinski definition) is 2. The van der Waals surface area contributed by atoms with E-state index in [4.69, 9.17) is 0 Å². The third-order valence-electron chi connectivity index (χ3n) is 8.18.